The van der Waals surface area contributed by atoms with E-state index in [-0.39, 0.29) is 0 Å². The van der Waals surface area contributed by atoms with Crippen LogP contribution in [0.3, 0.4) is 0 Å². The van der Waals surface area contributed by atoms with Gasteiger partial charge in [-0.1, -0.05) is 33.1 Å². The van der Waals surface area contributed by atoms with Crippen molar-refractivity contribution >= 4 is 11.9 Å². The van der Waals surface area contributed by atoms with Gasteiger partial charge in [-0.25, -0.2) is 9.59 Å². The highest BCUT2D eigenvalue weighted by molar-refractivity contribution is 6.27. The molecule has 16 heavy (non-hydrogen) atoms. The van der Waals surface area contributed by atoms with Crippen LogP contribution in [0.15, 0.2) is 0 Å². The zero-order valence-electron chi connectivity index (χ0n) is 9.90. The van der Waals surface area contributed by atoms with Gasteiger partial charge >= 0.3 is 11.9 Å². The van der Waals surface area contributed by atoms with Gasteiger partial charge in [0.2, 0.25) is 0 Å². The molecule has 0 aliphatic rings. The summed E-state index contributed by atoms with van der Waals surface area (Å²) in [5.41, 5.74) is 2.73. The minimum absolute atomic E-state index is 0.782. The van der Waals surface area contributed by atoms with Crippen molar-refractivity contribution in [1.29, 1.82) is 0 Å². The number of carbonyl (C=O) groups is 2. The summed E-state index contributed by atoms with van der Waals surface area (Å²) >= 11 is 0. The van der Waals surface area contributed by atoms with Crippen molar-refractivity contribution in [2.75, 3.05) is 6.54 Å². The van der Waals surface area contributed by atoms with Crippen LogP contribution < -0.4 is 11.3 Å². The lowest BCUT2D eigenvalue weighted by molar-refractivity contribution is -0.159. The minimum atomic E-state index is -1.82. The van der Waals surface area contributed by atoms with Crippen molar-refractivity contribution < 1.29 is 19.8 Å². The van der Waals surface area contributed by atoms with Crippen molar-refractivity contribution in [3.63, 3.8) is 0 Å². The van der Waals surface area contributed by atoms with Gasteiger partial charge in [0.1, 0.15) is 0 Å². The van der Waals surface area contributed by atoms with Crippen molar-refractivity contribution in [3.8, 4) is 0 Å². The van der Waals surface area contributed by atoms with Gasteiger partial charge in [-0.05, 0) is 12.3 Å². The number of unbranched alkanes of at least 4 members (excludes halogenated alkanes) is 1. The summed E-state index contributed by atoms with van der Waals surface area (Å²) in [7, 11) is 0. The lowest BCUT2D eigenvalue weighted by Gasteiger charge is -2.12. The Morgan fingerprint density at radius 3 is 2.00 bits per heavy atom. The van der Waals surface area contributed by atoms with Crippen LogP contribution in [0.25, 0.3) is 0 Å². The van der Waals surface area contributed by atoms with E-state index in [9.17, 15) is 0 Å². The highest BCUT2D eigenvalue weighted by Crippen LogP contribution is 2.10. The van der Waals surface area contributed by atoms with Crippen LogP contribution in [0.5, 0.6) is 0 Å². The molecule has 6 heteroatoms. The van der Waals surface area contributed by atoms with Crippen molar-refractivity contribution in [2.24, 2.45) is 11.8 Å². The summed E-state index contributed by atoms with van der Waals surface area (Å²) in [5, 5.41) is 14.8. The lowest BCUT2D eigenvalue weighted by Crippen LogP contribution is -2.28. The molecule has 0 aromatic heterocycles. The summed E-state index contributed by atoms with van der Waals surface area (Å²) in [6.07, 6.45) is 5.18. The number of carboxylic acids is 2. The summed E-state index contributed by atoms with van der Waals surface area (Å²) in [5.74, 6) is 2.36. The van der Waals surface area contributed by atoms with Crippen LogP contribution in [0.1, 0.15) is 39.5 Å². The maximum absolute atomic E-state index is 9.10. The second kappa shape index (κ2) is 11.9. The van der Waals surface area contributed by atoms with E-state index in [4.69, 9.17) is 25.6 Å². The lowest BCUT2D eigenvalue weighted by atomic mass is 10.00. The Labute approximate surface area is 95.8 Å². The summed E-state index contributed by atoms with van der Waals surface area (Å²) < 4.78 is 0. The predicted molar refractivity (Wildman–Crippen MR) is 60.8 cm³/mol. The van der Waals surface area contributed by atoms with Gasteiger partial charge in [-0.2, -0.15) is 0 Å². The first-order valence-corrected chi connectivity index (χ1v) is 5.39. The normalized spacial score (nSPS) is 11.2. The molecule has 0 fully saturated rings. The maximum atomic E-state index is 9.10. The molecule has 0 saturated carbocycles. The smallest absolute Gasteiger partial charge is 0.414 e. The third-order valence-electron chi connectivity index (χ3n) is 2.13. The van der Waals surface area contributed by atoms with Gasteiger partial charge in [0.15, 0.2) is 0 Å². The van der Waals surface area contributed by atoms with E-state index in [1.54, 1.807) is 0 Å². The van der Waals surface area contributed by atoms with Gasteiger partial charge in [0.05, 0.1) is 0 Å². The highest BCUT2D eigenvalue weighted by atomic mass is 16.4. The predicted octanol–water partition coefficient (Wildman–Crippen LogP) is 0.822. The number of nitrogens with one attached hydrogen (secondary N) is 1. The van der Waals surface area contributed by atoms with Gasteiger partial charge in [0, 0.05) is 6.54 Å². The molecule has 0 saturated heterocycles. The van der Waals surface area contributed by atoms with Gasteiger partial charge in [-0.15, -0.1) is 0 Å². The van der Waals surface area contributed by atoms with E-state index in [0.717, 1.165) is 12.5 Å². The Kier molecular flexibility index (Phi) is 12.9. The minimum Gasteiger partial charge on any atom is -0.473 e. The number of hydrogen-bond acceptors (Lipinski definition) is 4. The quantitative estimate of drug-likeness (QED) is 0.307. The summed E-state index contributed by atoms with van der Waals surface area (Å²) in [4.78, 5) is 18.2. The molecule has 1 atom stereocenters. The van der Waals surface area contributed by atoms with E-state index in [1.165, 1.54) is 25.7 Å². The molecule has 0 bridgehead atoms. The molecule has 1 unspecified atom stereocenters. The second-order valence-corrected chi connectivity index (χ2v) is 3.44. The van der Waals surface area contributed by atoms with E-state index in [2.05, 4.69) is 19.3 Å². The summed E-state index contributed by atoms with van der Waals surface area (Å²) in [6, 6.07) is 0. The SMILES string of the molecule is CCCCC(CC)CNN.O=C(O)C(=O)O. The number of carboxylic acid groups (broad SMARTS) is 2. The molecule has 0 amide bonds. The molecule has 0 rings (SSSR count). The zero-order valence-corrected chi connectivity index (χ0v) is 9.90. The van der Waals surface area contributed by atoms with Crippen molar-refractivity contribution in [3.05, 3.63) is 0 Å². The molecule has 5 N–H and O–H groups in total. The molecule has 0 aliphatic heterocycles. The molecule has 0 aromatic carbocycles. The average Bonchev–Trinajstić information content (AvgIpc) is 2.25. The van der Waals surface area contributed by atoms with Gasteiger partial charge in [0.25, 0.3) is 0 Å². The Morgan fingerprint density at radius 1 is 1.25 bits per heavy atom. The standard InChI is InChI=1S/C8H20N2.C2H2O4/c1-3-5-6-8(4-2)7-10-9;3-1(4)2(5)6/h8,10H,3-7,9H2,1-2H3;(H,3,4)(H,5,6). The number of hydrogen-bond donors (Lipinski definition) is 4. The Morgan fingerprint density at radius 2 is 1.75 bits per heavy atom. The van der Waals surface area contributed by atoms with Crippen LogP contribution >= 0.6 is 0 Å². The van der Waals surface area contributed by atoms with E-state index >= 15 is 0 Å². The fraction of sp³-hybridized carbons (Fsp3) is 0.800. The molecule has 0 aromatic rings. The number of aliphatic carboxylic acids is 2. The molecule has 0 aliphatic carbocycles. The van der Waals surface area contributed by atoms with Crippen LogP contribution in [0.2, 0.25) is 0 Å². The fourth-order valence-corrected chi connectivity index (χ4v) is 1.11. The topological polar surface area (TPSA) is 113 Å². The number of nitrogens with two attached hydrogens (primary N) is 1. The van der Waals surface area contributed by atoms with E-state index < -0.39 is 11.9 Å². The van der Waals surface area contributed by atoms with Crippen LogP contribution in [-0.2, 0) is 9.59 Å². The molecule has 0 radical (unpaired) electrons. The second-order valence-electron chi connectivity index (χ2n) is 3.44. The third kappa shape index (κ3) is 12.9. The monoisotopic (exact) mass is 234 g/mol. The first-order chi connectivity index (χ1) is 7.49. The maximum Gasteiger partial charge on any atom is 0.414 e. The highest BCUT2D eigenvalue weighted by Gasteiger charge is 2.04. The molecule has 0 heterocycles. The van der Waals surface area contributed by atoms with Crippen LogP contribution in [-0.4, -0.2) is 28.7 Å². The third-order valence-corrected chi connectivity index (χ3v) is 2.13. The Balaban J connectivity index is 0. The van der Waals surface area contributed by atoms with Crippen molar-refractivity contribution in [1.82, 2.24) is 5.43 Å². The molecule has 96 valence electrons. The number of hydrazine groups is 1. The fourth-order valence-electron chi connectivity index (χ4n) is 1.11. The zero-order chi connectivity index (χ0) is 13.0. The van der Waals surface area contributed by atoms with E-state index in [0.29, 0.717) is 0 Å². The molecular formula is C10H22N2O4. The average molecular weight is 234 g/mol. The van der Waals surface area contributed by atoms with Crippen LogP contribution in [0.4, 0.5) is 0 Å². The number of rotatable bonds is 6. The summed E-state index contributed by atoms with van der Waals surface area (Å²) in [6.45, 7) is 5.41. The first kappa shape index (κ1) is 17.3. The molecule has 6 nitrogen and oxygen atoms in total. The van der Waals surface area contributed by atoms with E-state index in [1.807, 2.05) is 0 Å². The molecular weight excluding hydrogens is 212 g/mol. The molecule has 0 spiro atoms. The van der Waals surface area contributed by atoms with Crippen LogP contribution in [0, 0.1) is 5.92 Å². The van der Waals surface area contributed by atoms with Gasteiger partial charge in [-0.3, -0.25) is 11.3 Å². The largest absolute Gasteiger partial charge is 0.473 e. The Hall–Kier alpha value is -1.14. The first-order valence-electron chi connectivity index (χ1n) is 5.39. The van der Waals surface area contributed by atoms with Gasteiger partial charge < -0.3 is 10.2 Å². The van der Waals surface area contributed by atoms with Crippen molar-refractivity contribution in [2.45, 2.75) is 39.5 Å². The Bertz CT molecular complexity index is 185.